The molecule has 2 aromatic carbocycles. The molecule has 0 spiro atoms. The maximum atomic E-state index is 12.4. The zero-order valence-electron chi connectivity index (χ0n) is 17.0. The van der Waals surface area contributed by atoms with Gasteiger partial charge in [0, 0.05) is 12.2 Å². The highest BCUT2D eigenvalue weighted by molar-refractivity contribution is 8.14. The van der Waals surface area contributed by atoms with Crippen molar-refractivity contribution in [2.45, 2.75) is 33.2 Å². The van der Waals surface area contributed by atoms with E-state index in [9.17, 15) is 4.79 Å². The quantitative estimate of drug-likeness (QED) is 0.767. The Kier molecular flexibility index (Phi) is 7.30. The van der Waals surface area contributed by atoms with Crippen LogP contribution in [-0.2, 0) is 11.2 Å². The Morgan fingerprint density at radius 1 is 1.14 bits per heavy atom. The largest absolute Gasteiger partial charge is 0.441 e. The number of ether oxygens (including phenoxy) is 1. The lowest BCUT2D eigenvalue weighted by Gasteiger charge is -2.29. The van der Waals surface area contributed by atoms with Crippen LogP contribution in [0.25, 0.3) is 0 Å². The van der Waals surface area contributed by atoms with Gasteiger partial charge in [0.05, 0.1) is 5.75 Å². The molecule has 0 fully saturated rings. The van der Waals surface area contributed by atoms with Crippen LogP contribution in [0.15, 0.2) is 64.7 Å². The summed E-state index contributed by atoms with van der Waals surface area (Å²) < 4.78 is 5.98. The summed E-state index contributed by atoms with van der Waals surface area (Å²) in [6.07, 6.45) is 0.865. The minimum atomic E-state index is -0.0824. The molecule has 0 saturated carbocycles. The summed E-state index contributed by atoms with van der Waals surface area (Å²) in [5.74, 6) is 1.45. The molecular weight excluding hydrogens is 384 g/mol. The van der Waals surface area contributed by atoms with Crippen LogP contribution >= 0.6 is 11.8 Å². The molecule has 1 heterocycles. The Balaban J connectivity index is 1.66. The van der Waals surface area contributed by atoms with E-state index in [1.807, 2.05) is 73.5 Å². The number of anilines is 1. The zero-order valence-corrected chi connectivity index (χ0v) is 17.8. The van der Waals surface area contributed by atoms with Gasteiger partial charge < -0.3 is 10.1 Å². The highest BCUT2D eigenvalue weighted by atomic mass is 32.2. The molecule has 2 aromatic rings. The summed E-state index contributed by atoms with van der Waals surface area (Å²) in [5, 5.41) is 9.97. The SMILES string of the molecule is CCc1ccccc1NC(=O)CSC1=NN(CC)C(C)C(Oc2ccccc2)=N1. The molecular formula is C22H26N4O2S. The van der Waals surface area contributed by atoms with Crippen molar-refractivity contribution in [1.82, 2.24) is 5.01 Å². The smallest absolute Gasteiger partial charge is 0.234 e. The molecule has 152 valence electrons. The summed E-state index contributed by atoms with van der Waals surface area (Å²) in [6.45, 7) is 6.82. The summed E-state index contributed by atoms with van der Waals surface area (Å²) in [4.78, 5) is 17.0. The average Bonchev–Trinajstić information content (AvgIpc) is 2.75. The van der Waals surface area contributed by atoms with Crippen molar-refractivity contribution in [1.29, 1.82) is 0 Å². The van der Waals surface area contributed by atoms with Crippen molar-refractivity contribution in [3.8, 4) is 5.75 Å². The molecule has 0 aromatic heterocycles. The first-order valence-corrected chi connectivity index (χ1v) is 10.8. The summed E-state index contributed by atoms with van der Waals surface area (Å²) in [7, 11) is 0. The normalized spacial score (nSPS) is 16.1. The van der Waals surface area contributed by atoms with Gasteiger partial charge in [-0.05, 0) is 44.0 Å². The number of amides is 1. The van der Waals surface area contributed by atoms with E-state index in [2.05, 4.69) is 22.3 Å². The van der Waals surface area contributed by atoms with Gasteiger partial charge in [-0.2, -0.15) is 4.99 Å². The first kappa shape index (κ1) is 20.9. The second-order valence-electron chi connectivity index (χ2n) is 6.53. The van der Waals surface area contributed by atoms with E-state index < -0.39 is 0 Å². The number of thioether (sulfide) groups is 1. The predicted octanol–water partition coefficient (Wildman–Crippen LogP) is 4.39. The maximum Gasteiger partial charge on any atom is 0.234 e. The summed E-state index contributed by atoms with van der Waals surface area (Å²) >= 11 is 1.30. The van der Waals surface area contributed by atoms with Gasteiger partial charge in [0.1, 0.15) is 11.8 Å². The number of rotatable bonds is 6. The van der Waals surface area contributed by atoms with Gasteiger partial charge in [0.2, 0.25) is 17.0 Å². The van der Waals surface area contributed by atoms with Crippen LogP contribution in [0, 0.1) is 0 Å². The molecule has 1 unspecified atom stereocenters. The van der Waals surface area contributed by atoms with Crippen LogP contribution in [0.3, 0.4) is 0 Å². The molecule has 1 atom stereocenters. The van der Waals surface area contributed by atoms with E-state index >= 15 is 0 Å². The van der Waals surface area contributed by atoms with E-state index in [0.717, 1.165) is 30.0 Å². The third-order valence-electron chi connectivity index (χ3n) is 4.52. The number of aliphatic imine (C=N–C) groups is 1. The van der Waals surface area contributed by atoms with Crippen LogP contribution in [-0.4, -0.2) is 40.3 Å². The van der Waals surface area contributed by atoms with Crippen molar-refractivity contribution in [3.05, 3.63) is 60.2 Å². The van der Waals surface area contributed by atoms with Crippen molar-refractivity contribution in [2.24, 2.45) is 10.1 Å². The van der Waals surface area contributed by atoms with Crippen LogP contribution < -0.4 is 10.1 Å². The molecule has 0 bridgehead atoms. The molecule has 1 aliphatic heterocycles. The van der Waals surface area contributed by atoms with Crippen molar-refractivity contribution in [2.75, 3.05) is 17.6 Å². The first-order chi connectivity index (χ1) is 14.1. The maximum absolute atomic E-state index is 12.4. The number of amidine groups is 1. The Bertz CT molecular complexity index is 899. The van der Waals surface area contributed by atoms with E-state index in [1.165, 1.54) is 11.8 Å². The van der Waals surface area contributed by atoms with E-state index in [0.29, 0.717) is 11.1 Å². The van der Waals surface area contributed by atoms with Crippen molar-refractivity contribution in [3.63, 3.8) is 0 Å². The van der Waals surface area contributed by atoms with Gasteiger partial charge in [0.25, 0.3) is 0 Å². The summed E-state index contributed by atoms with van der Waals surface area (Å²) in [6, 6.07) is 17.3. The third kappa shape index (κ3) is 5.60. The Labute approximate surface area is 176 Å². The summed E-state index contributed by atoms with van der Waals surface area (Å²) in [5.41, 5.74) is 1.97. The van der Waals surface area contributed by atoms with Crippen molar-refractivity contribution < 1.29 is 9.53 Å². The number of hydrogen-bond acceptors (Lipinski definition) is 6. The number of nitrogens with one attached hydrogen (secondary N) is 1. The highest BCUT2D eigenvalue weighted by Crippen LogP contribution is 2.20. The fourth-order valence-electron chi connectivity index (χ4n) is 2.92. The van der Waals surface area contributed by atoms with Gasteiger partial charge in [-0.3, -0.25) is 9.80 Å². The Hall–Kier alpha value is -2.80. The van der Waals surface area contributed by atoms with E-state index in [4.69, 9.17) is 4.74 Å². The minimum absolute atomic E-state index is 0.0742. The van der Waals surface area contributed by atoms with Gasteiger partial charge in [0.15, 0.2) is 0 Å². The fourth-order valence-corrected chi connectivity index (χ4v) is 3.57. The van der Waals surface area contributed by atoms with Crippen LogP contribution in [0.2, 0.25) is 0 Å². The minimum Gasteiger partial charge on any atom is -0.441 e. The topological polar surface area (TPSA) is 66.3 Å². The number of para-hydroxylation sites is 2. The number of hydrazone groups is 1. The van der Waals surface area contributed by atoms with E-state index in [1.54, 1.807) is 0 Å². The lowest BCUT2D eigenvalue weighted by atomic mass is 10.1. The lowest BCUT2D eigenvalue weighted by molar-refractivity contribution is -0.113. The van der Waals surface area contributed by atoms with Crippen LogP contribution in [0.1, 0.15) is 26.3 Å². The van der Waals surface area contributed by atoms with E-state index in [-0.39, 0.29) is 17.7 Å². The van der Waals surface area contributed by atoms with Crippen LogP contribution in [0.4, 0.5) is 5.69 Å². The third-order valence-corrected chi connectivity index (χ3v) is 5.36. The molecule has 7 heteroatoms. The molecule has 1 amide bonds. The number of likely N-dealkylation sites (N-methyl/N-ethyl adjacent to an activating group) is 1. The predicted molar refractivity (Wildman–Crippen MR) is 121 cm³/mol. The Morgan fingerprint density at radius 3 is 2.59 bits per heavy atom. The monoisotopic (exact) mass is 410 g/mol. The number of benzene rings is 2. The fraction of sp³-hybridized carbons (Fsp3) is 0.318. The number of carbonyl (C=O) groups excluding carboxylic acids is 1. The number of nitrogens with zero attached hydrogens (tertiary/aromatic N) is 3. The van der Waals surface area contributed by atoms with Crippen LogP contribution in [0.5, 0.6) is 5.75 Å². The second kappa shape index (κ2) is 10.1. The molecule has 1 aliphatic rings. The number of aryl methyl sites for hydroxylation is 1. The molecule has 0 aliphatic carbocycles. The number of hydrogen-bond donors (Lipinski definition) is 1. The Morgan fingerprint density at radius 2 is 1.86 bits per heavy atom. The molecule has 0 saturated heterocycles. The molecule has 0 radical (unpaired) electrons. The average molecular weight is 411 g/mol. The molecule has 29 heavy (non-hydrogen) atoms. The zero-order chi connectivity index (χ0) is 20.6. The van der Waals surface area contributed by atoms with Gasteiger partial charge >= 0.3 is 0 Å². The second-order valence-corrected chi connectivity index (χ2v) is 7.47. The molecule has 1 N–H and O–H groups in total. The van der Waals surface area contributed by atoms with Gasteiger partial charge in [-0.25, -0.2) is 0 Å². The molecule has 6 nitrogen and oxygen atoms in total. The first-order valence-electron chi connectivity index (χ1n) is 9.78. The van der Waals surface area contributed by atoms with Crippen molar-refractivity contribution >= 4 is 34.4 Å². The molecule has 3 rings (SSSR count). The van der Waals surface area contributed by atoms with Gasteiger partial charge in [-0.1, -0.05) is 55.1 Å². The van der Waals surface area contributed by atoms with Gasteiger partial charge in [-0.15, -0.1) is 5.10 Å². The highest BCUT2D eigenvalue weighted by Gasteiger charge is 2.25. The number of carbonyl (C=O) groups is 1. The standard InChI is InChI=1S/C22H26N4O2S/c1-4-17-11-9-10-14-19(17)23-20(27)15-29-22-24-21(16(3)26(5-2)25-22)28-18-12-7-6-8-13-18/h6-14,16H,4-5,15H2,1-3H3,(H,23,27). The lowest BCUT2D eigenvalue weighted by Crippen LogP contribution is -2.41.